The number of fused-ring (bicyclic) bond motifs is 1. The Kier molecular flexibility index (Phi) is 2.97. The van der Waals surface area contributed by atoms with Gasteiger partial charge >= 0.3 is 0 Å². The SMILES string of the molecule is CC1(C)CN(Cc2ccc3c(c2)OCO3)CCC1=O. The van der Waals surface area contributed by atoms with E-state index in [1.54, 1.807) is 0 Å². The molecule has 0 spiro atoms. The number of ketones is 1. The average molecular weight is 261 g/mol. The smallest absolute Gasteiger partial charge is 0.231 e. The maximum absolute atomic E-state index is 11.8. The molecule has 0 amide bonds. The third-order valence-electron chi connectivity index (χ3n) is 3.87. The molecule has 102 valence electrons. The van der Waals surface area contributed by atoms with Crippen LogP contribution in [-0.4, -0.2) is 30.6 Å². The van der Waals surface area contributed by atoms with Gasteiger partial charge in [0.25, 0.3) is 0 Å². The number of nitrogens with zero attached hydrogens (tertiary/aromatic N) is 1. The van der Waals surface area contributed by atoms with Crippen LogP contribution in [-0.2, 0) is 11.3 Å². The van der Waals surface area contributed by atoms with E-state index >= 15 is 0 Å². The van der Waals surface area contributed by atoms with Gasteiger partial charge in [0.2, 0.25) is 6.79 Å². The highest BCUT2D eigenvalue weighted by Gasteiger charge is 2.34. The molecule has 0 aliphatic carbocycles. The van der Waals surface area contributed by atoms with Crippen LogP contribution < -0.4 is 9.47 Å². The molecule has 4 nitrogen and oxygen atoms in total. The Morgan fingerprint density at radius 2 is 2.05 bits per heavy atom. The number of likely N-dealkylation sites (tertiary alicyclic amines) is 1. The number of benzene rings is 1. The van der Waals surface area contributed by atoms with Crippen molar-refractivity contribution in [3.05, 3.63) is 23.8 Å². The van der Waals surface area contributed by atoms with Gasteiger partial charge in [-0.25, -0.2) is 0 Å². The standard InChI is InChI=1S/C15H19NO3/c1-15(2)9-16(6-5-14(15)17)8-11-3-4-12-13(7-11)19-10-18-12/h3-4,7H,5-6,8-10H2,1-2H3. The fourth-order valence-electron chi connectivity index (χ4n) is 2.76. The van der Waals surface area contributed by atoms with Crippen LogP contribution in [0.1, 0.15) is 25.8 Å². The second-order valence-corrected chi connectivity index (χ2v) is 5.96. The molecule has 0 radical (unpaired) electrons. The second-order valence-electron chi connectivity index (χ2n) is 5.96. The van der Waals surface area contributed by atoms with Gasteiger partial charge in [-0.15, -0.1) is 0 Å². The van der Waals surface area contributed by atoms with Crippen molar-refractivity contribution in [1.29, 1.82) is 0 Å². The zero-order chi connectivity index (χ0) is 13.5. The summed E-state index contributed by atoms with van der Waals surface area (Å²) in [6.07, 6.45) is 0.650. The number of carbonyl (C=O) groups excluding carboxylic acids is 1. The number of hydrogen-bond donors (Lipinski definition) is 0. The molecule has 0 atom stereocenters. The normalized spacial score (nSPS) is 21.7. The van der Waals surface area contributed by atoms with Crippen molar-refractivity contribution in [2.45, 2.75) is 26.8 Å². The van der Waals surface area contributed by atoms with Crippen molar-refractivity contribution in [2.24, 2.45) is 5.41 Å². The lowest BCUT2D eigenvalue weighted by Crippen LogP contribution is -2.45. The maximum atomic E-state index is 11.8. The first kappa shape index (κ1) is 12.5. The number of carbonyl (C=O) groups is 1. The molecule has 1 aromatic rings. The fraction of sp³-hybridized carbons (Fsp3) is 0.533. The monoisotopic (exact) mass is 261 g/mol. The predicted octanol–water partition coefficient (Wildman–Crippen LogP) is 2.22. The molecule has 2 heterocycles. The van der Waals surface area contributed by atoms with Crippen LogP contribution in [0.2, 0.25) is 0 Å². The quantitative estimate of drug-likeness (QED) is 0.818. The van der Waals surface area contributed by atoms with Crippen LogP contribution in [0.5, 0.6) is 11.5 Å². The van der Waals surface area contributed by atoms with Crippen LogP contribution >= 0.6 is 0 Å². The average Bonchev–Trinajstić information content (AvgIpc) is 2.81. The minimum atomic E-state index is -0.228. The molecule has 0 unspecified atom stereocenters. The number of piperidine rings is 1. The molecule has 1 aromatic carbocycles. The minimum Gasteiger partial charge on any atom is -0.454 e. The first-order chi connectivity index (χ1) is 9.04. The van der Waals surface area contributed by atoms with Gasteiger partial charge in [0, 0.05) is 31.5 Å². The van der Waals surface area contributed by atoms with Crippen LogP contribution in [0.25, 0.3) is 0 Å². The molecule has 4 heteroatoms. The summed E-state index contributed by atoms with van der Waals surface area (Å²) in [5, 5.41) is 0. The molecule has 2 aliphatic rings. The maximum Gasteiger partial charge on any atom is 0.231 e. The third kappa shape index (κ3) is 2.45. The van der Waals surface area contributed by atoms with Crippen LogP contribution in [0.15, 0.2) is 18.2 Å². The van der Waals surface area contributed by atoms with Crippen molar-refractivity contribution in [1.82, 2.24) is 4.90 Å². The lowest BCUT2D eigenvalue weighted by molar-refractivity contribution is -0.131. The molecule has 0 aromatic heterocycles. The summed E-state index contributed by atoms with van der Waals surface area (Å²) >= 11 is 0. The first-order valence-corrected chi connectivity index (χ1v) is 6.69. The van der Waals surface area contributed by atoms with Gasteiger partial charge < -0.3 is 9.47 Å². The van der Waals surface area contributed by atoms with Gasteiger partial charge in [-0.2, -0.15) is 0 Å². The summed E-state index contributed by atoms with van der Waals surface area (Å²) in [6.45, 7) is 6.89. The summed E-state index contributed by atoms with van der Waals surface area (Å²) in [5.74, 6) is 2.01. The fourth-order valence-corrected chi connectivity index (χ4v) is 2.76. The summed E-state index contributed by atoms with van der Waals surface area (Å²) < 4.78 is 10.7. The highest BCUT2D eigenvalue weighted by molar-refractivity contribution is 5.85. The molecule has 1 saturated heterocycles. The molecule has 0 N–H and O–H groups in total. The van der Waals surface area contributed by atoms with Crippen molar-refractivity contribution in [3.8, 4) is 11.5 Å². The van der Waals surface area contributed by atoms with Gasteiger partial charge in [0.1, 0.15) is 5.78 Å². The Hall–Kier alpha value is -1.55. The van der Waals surface area contributed by atoms with Gasteiger partial charge in [-0.05, 0) is 17.7 Å². The van der Waals surface area contributed by atoms with E-state index in [9.17, 15) is 4.79 Å². The van der Waals surface area contributed by atoms with Crippen molar-refractivity contribution >= 4 is 5.78 Å². The van der Waals surface area contributed by atoms with E-state index < -0.39 is 0 Å². The Morgan fingerprint density at radius 3 is 2.84 bits per heavy atom. The molecular weight excluding hydrogens is 242 g/mol. The van der Waals surface area contributed by atoms with Gasteiger partial charge in [-0.3, -0.25) is 9.69 Å². The zero-order valence-electron chi connectivity index (χ0n) is 11.4. The minimum absolute atomic E-state index is 0.228. The van der Waals surface area contributed by atoms with E-state index in [1.807, 2.05) is 26.0 Å². The van der Waals surface area contributed by atoms with Crippen LogP contribution in [0.4, 0.5) is 0 Å². The summed E-state index contributed by atoms with van der Waals surface area (Å²) in [5.41, 5.74) is 0.976. The first-order valence-electron chi connectivity index (χ1n) is 6.69. The summed E-state index contributed by atoms with van der Waals surface area (Å²) in [4.78, 5) is 14.1. The van der Waals surface area contributed by atoms with Crippen molar-refractivity contribution < 1.29 is 14.3 Å². The molecule has 3 rings (SSSR count). The Balaban J connectivity index is 1.70. The molecule has 2 aliphatic heterocycles. The molecule has 0 bridgehead atoms. The Bertz CT molecular complexity index is 510. The number of Topliss-reactive ketones (excluding diaryl/α,β-unsaturated/α-hetero) is 1. The van der Waals surface area contributed by atoms with Crippen molar-refractivity contribution in [2.75, 3.05) is 19.9 Å². The molecule has 19 heavy (non-hydrogen) atoms. The molecule has 1 fully saturated rings. The zero-order valence-corrected chi connectivity index (χ0v) is 11.4. The number of rotatable bonds is 2. The summed E-state index contributed by atoms with van der Waals surface area (Å²) in [7, 11) is 0. The Morgan fingerprint density at radius 1 is 1.26 bits per heavy atom. The lowest BCUT2D eigenvalue weighted by atomic mass is 9.82. The van der Waals surface area contributed by atoms with E-state index in [0.717, 1.165) is 31.1 Å². The number of hydrogen-bond acceptors (Lipinski definition) is 4. The van der Waals surface area contributed by atoms with E-state index in [1.165, 1.54) is 5.56 Å². The topological polar surface area (TPSA) is 38.8 Å². The van der Waals surface area contributed by atoms with E-state index in [-0.39, 0.29) is 5.41 Å². The summed E-state index contributed by atoms with van der Waals surface area (Å²) in [6, 6.07) is 6.06. The predicted molar refractivity (Wildman–Crippen MR) is 71.2 cm³/mol. The van der Waals surface area contributed by atoms with E-state index in [4.69, 9.17) is 9.47 Å². The van der Waals surface area contributed by atoms with Crippen LogP contribution in [0, 0.1) is 5.41 Å². The highest BCUT2D eigenvalue weighted by Crippen LogP contribution is 2.33. The molecule has 0 saturated carbocycles. The Labute approximate surface area is 113 Å². The second kappa shape index (κ2) is 4.53. The highest BCUT2D eigenvalue weighted by atomic mass is 16.7. The van der Waals surface area contributed by atoms with Crippen LogP contribution in [0.3, 0.4) is 0 Å². The van der Waals surface area contributed by atoms with Gasteiger partial charge in [0.15, 0.2) is 11.5 Å². The third-order valence-corrected chi connectivity index (χ3v) is 3.87. The van der Waals surface area contributed by atoms with E-state index in [2.05, 4.69) is 11.0 Å². The largest absolute Gasteiger partial charge is 0.454 e. The van der Waals surface area contributed by atoms with Crippen molar-refractivity contribution in [3.63, 3.8) is 0 Å². The van der Waals surface area contributed by atoms with Gasteiger partial charge in [0.05, 0.1) is 0 Å². The van der Waals surface area contributed by atoms with Gasteiger partial charge in [-0.1, -0.05) is 19.9 Å². The lowest BCUT2D eigenvalue weighted by Gasteiger charge is -2.36. The van der Waals surface area contributed by atoms with E-state index in [0.29, 0.717) is 19.0 Å². The molecular formula is C15H19NO3. The number of ether oxygens (including phenoxy) is 2.